The van der Waals surface area contributed by atoms with Crippen molar-refractivity contribution in [1.29, 1.82) is 0 Å². The van der Waals surface area contributed by atoms with Crippen molar-refractivity contribution in [2.24, 2.45) is 0 Å². The average Bonchev–Trinajstić information content (AvgIpc) is 2.85. The number of carbonyl (C=O) groups excluding carboxylic acids is 1. The molecule has 1 aromatic carbocycles. The van der Waals surface area contributed by atoms with Crippen molar-refractivity contribution in [3.63, 3.8) is 0 Å². The van der Waals surface area contributed by atoms with Gasteiger partial charge in [0.25, 0.3) is 11.6 Å². The SMILES string of the molecule is O=C(Nc1cc([N+](=O)[O-])ccc1C(=O)O)c1c[nH]c(=O)[nH]1. The second-order valence-corrected chi connectivity index (χ2v) is 3.90. The van der Waals surface area contributed by atoms with Crippen LogP contribution < -0.4 is 11.0 Å². The zero-order valence-corrected chi connectivity index (χ0v) is 10.2. The number of carbonyl (C=O) groups is 2. The summed E-state index contributed by atoms with van der Waals surface area (Å²) in [6.45, 7) is 0. The maximum absolute atomic E-state index is 11.8. The van der Waals surface area contributed by atoms with Crippen molar-refractivity contribution < 1.29 is 19.6 Å². The molecule has 1 heterocycles. The van der Waals surface area contributed by atoms with Crippen LogP contribution in [-0.2, 0) is 0 Å². The molecule has 2 rings (SSSR count). The van der Waals surface area contributed by atoms with E-state index < -0.39 is 22.5 Å². The molecule has 0 bridgehead atoms. The highest BCUT2D eigenvalue weighted by atomic mass is 16.6. The van der Waals surface area contributed by atoms with E-state index in [9.17, 15) is 24.5 Å². The van der Waals surface area contributed by atoms with Gasteiger partial charge in [-0.05, 0) is 6.07 Å². The van der Waals surface area contributed by atoms with Crippen molar-refractivity contribution in [3.05, 3.63) is 56.3 Å². The highest BCUT2D eigenvalue weighted by Gasteiger charge is 2.18. The van der Waals surface area contributed by atoms with E-state index in [1.165, 1.54) is 0 Å². The second-order valence-electron chi connectivity index (χ2n) is 3.90. The summed E-state index contributed by atoms with van der Waals surface area (Å²) < 4.78 is 0. The number of H-pyrrole nitrogens is 2. The van der Waals surface area contributed by atoms with E-state index in [0.29, 0.717) is 0 Å². The molecule has 0 unspecified atom stereocenters. The topological polar surface area (TPSA) is 158 Å². The largest absolute Gasteiger partial charge is 0.478 e. The first-order valence-corrected chi connectivity index (χ1v) is 5.49. The zero-order chi connectivity index (χ0) is 15.6. The fourth-order valence-corrected chi connectivity index (χ4v) is 1.58. The van der Waals surface area contributed by atoms with E-state index in [4.69, 9.17) is 5.11 Å². The van der Waals surface area contributed by atoms with Crippen molar-refractivity contribution in [1.82, 2.24) is 9.97 Å². The Bertz CT molecular complexity index is 790. The maximum Gasteiger partial charge on any atom is 0.337 e. The van der Waals surface area contributed by atoms with Crippen LogP contribution in [0.3, 0.4) is 0 Å². The molecule has 108 valence electrons. The van der Waals surface area contributed by atoms with Gasteiger partial charge in [-0.3, -0.25) is 14.9 Å². The van der Waals surface area contributed by atoms with Crippen LogP contribution >= 0.6 is 0 Å². The Morgan fingerprint density at radius 3 is 2.57 bits per heavy atom. The van der Waals surface area contributed by atoms with Crippen LogP contribution in [0.1, 0.15) is 20.8 Å². The molecule has 0 spiro atoms. The lowest BCUT2D eigenvalue weighted by atomic mass is 10.1. The monoisotopic (exact) mass is 292 g/mol. The van der Waals surface area contributed by atoms with Gasteiger partial charge in [-0.2, -0.15) is 0 Å². The van der Waals surface area contributed by atoms with E-state index in [2.05, 4.69) is 15.3 Å². The second kappa shape index (κ2) is 5.28. The van der Waals surface area contributed by atoms with Crippen molar-refractivity contribution in [2.45, 2.75) is 0 Å². The van der Waals surface area contributed by atoms with E-state index in [1.54, 1.807) is 0 Å². The van der Waals surface area contributed by atoms with Crippen molar-refractivity contribution in [2.75, 3.05) is 5.32 Å². The van der Waals surface area contributed by atoms with E-state index in [-0.39, 0.29) is 22.6 Å². The fraction of sp³-hybridized carbons (Fsp3) is 0. The Labute approximate surface area is 115 Å². The average molecular weight is 292 g/mol. The number of hydrogen-bond acceptors (Lipinski definition) is 5. The van der Waals surface area contributed by atoms with Crippen LogP contribution in [0, 0.1) is 10.1 Å². The number of benzene rings is 1. The molecule has 0 aliphatic heterocycles. The predicted octanol–water partition coefficient (Wildman–Crippen LogP) is 0.562. The van der Waals surface area contributed by atoms with Crippen LogP contribution in [0.2, 0.25) is 0 Å². The number of carboxylic acids is 1. The molecule has 1 aromatic heterocycles. The number of nitrogens with zero attached hydrogens (tertiary/aromatic N) is 1. The molecule has 1 amide bonds. The molecular weight excluding hydrogens is 284 g/mol. The number of imidazole rings is 1. The van der Waals surface area contributed by atoms with Gasteiger partial charge in [0.05, 0.1) is 16.2 Å². The third-order valence-corrected chi connectivity index (χ3v) is 2.53. The number of amides is 1. The number of aromatic carboxylic acids is 1. The Balaban J connectivity index is 2.39. The molecule has 0 fully saturated rings. The van der Waals surface area contributed by atoms with Gasteiger partial charge in [0.15, 0.2) is 0 Å². The molecule has 2 aromatic rings. The summed E-state index contributed by atoms with van der Waals surface area (Å²) in [5.74, 6) is -2.17. The number of nitrogens with one attached hydrogen (secondary N) is 3. The van der Waals surface area contributed by atoms with E-state index in [1.807, 2.05) is 0 Å². The Kier molecular flexibility index (Phi) is 3.52. The summed E-state index contributed by atoms with van der Waals surface area (Å²) >= 11 is 0. The number of rotatable bonds is 4. The normalized spacial score (nSPS) is 10.1. The lowest BCUT2D eigenvalue weighted by Crippen LogP contribution is -2.16. The molecule has 10 heteroatoms. The minimum absolute atomic E-state index is 0.136. The molecular formula is C11H8N4O6. The minimum Gasteiger partial charge on any atom is -0.478 e. The van der Waals surface area contributed by atoms with Crippen LogP contribution in [0.4, 0.5) is 11.4 Å². The van der Waals surface area contributed by atoms with E-state index >= 15 is 0 Å². The molecule has 0 aliphatic rings. The first-order valence-electron chi connectivity index (χ1n) is 5.49. The van der Waals surface area contributed by atoms with Gasteiger partial charge < -0.3 is 20.4 Å². The summed E-state index contributed by atoms with van der Waals surface area (Å²) in [7, 11) is 0. The van der Waals surface area contributed by atoms with Crippen LogP contribution in [0.15, 0.2) is 29.2 Å². The molecule has 21 heavy (non-hydrogen) atoms. The summed E-state index contributed by atoms with van der Waals surface area (Å²) in [5, 5.41) is 21.9. The van der Waals surface area contributed by atoms with E-state index in [0.717, 1.165) is 24.4 Å². The molecule has 0 aliphatic carbocycles. The van der Waals surface area contributed by atoms with Gasteiger partial charge in [-0.1, -0.05) is 0 Å². The molecule has 0 radical (unpaired) electrons. The lowest BCUT2D eigenvalue weighted by Gasteiger charge is -2.07. The maximum atomic E-state index is 11.8. The Morgan fingerprint density at radius 2 is 2.05 bits per heavy atom. The summed E-state index contributed by atoms with van der Waals surface area (Å²) in [6.07, 6.45) is 1.09. The lowest BCUT2D eigenvalue weighted by molar-refractivity contribution is -0.384. The van der Waals surface area contributed by atoms with Gasteiger partial charge in [0.1, 0.15) is 5.69 Å². The summed E-state index contributed by atoms with van der Waals surface area (Å²) in [5.41, 5.74) is -1.69. The number of nitro groups is 1. The predicted molar refractivity (Wildman–Crippen MR) is 69.4 cm³/mol. The standard InChI is InChI=1S/C11H8N4O6/c16-9(8-4-12-11(19)14-8)13-7-3-5(15(20)21)1-2-6(7)10(17)18/h1-4H,(H,13,16)(H,17,18)(H2,12,14,19). The van der Waals surface area contributed by atoms with Crippen molar-refractivity contribution in [3.8, 4) is 0 Å². The van der Waals surface area contributed by atoms with Crippen LogP contribution in [0.25, 0.3) is 0 Å². The Morgan fingerprint density at radius 1 is 1.33 bits per heavy atom. The van der Waals surface area contributed by atoms with Gasteiger partial charge in [-0.15, -0.1) is 0 Å². The zero-order valence-electron chi connectivity index (χ0n) is 10.2. The van der Waals surface area contributed by atoms with Gasteiger partial charge in [-0.25, -0.2) is 9.59 Å². The highest BCUT2D eigenvalue weighted by molar-refractivity contribution is 6.06. The molecule has 0 atom stereocenters. The van der Waals surface area contributed by atoms with Crippen LogP contribution in [0.5, 0.6) is 0 Å². The number of nitro benzene ring substituents is 1. The first-order chi connectivity index (χ1) is 9.88. The highest BCUT2D eigenvalue weighted by Crippen LogP contribution is 2.23. The third-order valence-electron chi connectivity index (χ3n) is 2.53. The third kappa shape index (κ3) is 2.94. The number of non-ortho nitro benzene ring substituents is 1. The van der Waals surface area contributed by atoms with Gasteiger partial charge in [0, 0.05) is 18.3 Å². The quantitative estimate of drug-likeness (QED) is 0.476. The number of aromatic nitrogens is 2. The number of carboxylic acid groups (broad SMARTS) is 1. The summed E-state index contributed by atoms with van der Waals surface area (Å²) in [6, 6.07) is 2.94. The van der Waals surface area contributed by atoms with Gasteiger partial charge >= 0.3 is 11.7 Å². The smallest absolute Gasteiger partial charge is 0.337 e. The Hall–Kier alpha value is -3.43. The fourth-order valence-electron chi connectivity index (χ4n) is 1.58. The van der Waals surface area contributed by atoms with Crippen LogP contribution in [-0.4, -0.2) is 31.9 Å². The molecule has 4 N–H and O–H groups in total. The minimum atomic E-state index is -1.36. The van der Waals surface area contributed by atoms with Gasteiger partial charge in [0.2, 0.25) is 0 Å². The summed E-state index contributed by atoms with van der Waals surface area (Å²) in [4.78, 5) is 48.1. The molecule has 10 nitrogen and oxygen atoms in total. The first kappa shape index (κ1) is 14.0. The number of anilines is 1. The van der Waals surface area contributed by atoms with Crippen molar-refractivity contribution >= 4 is 23.3 Å². The number of hydrogen-bond donors (Lipinski definition) is 4. The number of aromatic amines is 2. The molecule has 0 saturated heterocycles. The molecule has 0 saturated carbocycles.